The van der Waals surface area contributed by atoms with E-state index in [0.717, 1.165) is 34.2 Å². The SMILES string of the molecule is CC(C)Cn1ncc2cc(-n3nnc4ccccc43)ccc21. The van der Waals surface area contributed by atoms with Gasteiger partial charge in [0, 0.05) is 11.9 Å². The summed E-state index contributed by atoms with van der Waals surface area (Å²) in [6.07, 6.45) is 1.92. The maximum absolute atomic E-state index is 4.49. The van der Waals surface area contributed by atoms with E-state index in [1.54, 1.807) is 0 Å². The lowest BCUT2D eigenvalue weighted by molar-refractivity contribution is 0.495. The van der Waals surface area contributed by atoms with Gasteiger partial charge in [0.25, 0.3) is 0 Å². The molecule has 110 valence electrons. The fourth-order valence-corrected chi connectivity index (χ4v) is 2.76. The number of benzene rings is 2. The minimum absolute atomic E-state index is 0.571. The summed E-state index contributed by atoms with van der Waals surface area (Å²) in [7, 11) is 0. The first-order valence-corrected chi connectivity index (χ1v) is 7.49. The van der Waals surface area contributed by atoms with Crippen LogP contribution in [0.1, 0.15) is 13.8 Å². The Morgan fingerprint density at radius 3 is 2.77 bits per heavy atom. The van der Waals surface area contributed by atoms with Crippen molar-refractivity contribution in [2.24, 2.45) is 5.92 Å². The average Bonchev–Trinajstić information content (AvgIpc) is 3.11. The quantitative estimate of drug-likeness (QED) is 0.581. The van der Waals surface area contributed by atoms with Crippen molar-refractivity contribution in [1.29, 1.82) is 0 Å². The Balaban J connectivity index is 1.83. The minimum Gasteiger partial charge on any atom is -0.265 e. The molecule has 0 aliphatic rings. The van der Waals surface area contributed by atoms with E-state index < -0.39 is 0 Å². The Labute approximate surface area is 128 Å². The molecule has 0 aliphatic carbocycles. The van der Waals surface area contributed by atoms with Crippen molar-refractivity contribution in [3.8, 4) is 5.69 Å². The highest BCUT2D eigenvalue weighted by Gasteiger charge is 2.09. The van der Waals surface area contributed by atoms with Crippen molar-refractivity contribution in [3.05, 3.63) is 48.7 Å². The molecule has 0 bridgehead atoms. The molecular formula is C17H17N5. The number of hydrogen-bond donors (Lipinski definition) is 0. The first-order chi connectivity index (χ1) is 10.7. The van der Waals surface area contributed by atoms with Crippen LogP contribution in [-0.2, 0) is 6.54 Å². The van der Waals surface area contributed by atoms with E-state index in [2.05, 4.69) is 52.1 Å². The standard InChI is InChI=1S/C17H17N5/c1-12(2)11-21-16-8-7-14(9-13(16)10-18-21)22-17-6-4-3-5-15(17)19-20-22/h3-10,12H,11H2,1-2H3. The first kappa shape index (κ1) is 13.0. The first-order valence-electron chi connectivity index (χ1n) is 7.49. The van der Waals surface area contributed by atoms with Crippen LogP contribution < -0.4 is 0 Å². The van der Waals surface area contributed by atoms with Gasteiger partial charge >= 0.3 is 0 Å². The Morgan fingerprint density at radius 1 is 1.05 bits per heavy atom. The molecule has 0 N–H and O–H groups in total. The van der Waals surface area contributed by atoms with Crippen LogP contribution in [0, 0.1) is 5.92 Å². The highest BCUT2D eigenvalue weighted by molar-refractivity contribution is 5.82. The van der Waals surface area contributed by atoms with Gasteiger partial charge in [0.15, 0.2) is 0 Å². The zero-order valence-corrected chi connectivity index (χ0v) is 12.6. The fourth-order valence-electron chi connectivity index (χ4n) is 2.76. The molecule has 0 aliphatic heterocycles. The molecule has 5 nitrogen and oxygen atoms in total. The third-order valence-electron chi connectivity index (χ3n) is 3.76. The molecule has 2 heterocycles. The Bertz CT molecular complexity index is 948. The maximum Gasteiger partial charge on any atom is 0.113 e. The van der Waals surface area contributed by atoms with Gasteiger partial charge in [-0.1, -0.05) is 31.2 Å². The van der Waals surface area contributed by atoms with E-state index in [1.165, 1.54) is 0 Å². The van der Waals surface area contributed by atoms with Gasteiger partial charge in [0.2, 0.25) is 0 Å². The number of rotatable bonds is 3. The van der Waals surface area contributed by atoms with Crippen LogP contribution in [0.3, 0.4) is 0 Å². The monoisotopic (exact) mass is 291 g/mol. The van der Waals surface area contributed by atoms with Gasteiger partial charge < -0.3 is 0 Å². The third kappa shape index (κ3) is 2.06. The van der Waals surface area contributed by atoms with Crippen LogP contribution in [0.25, 0.3) is 27.6 Å². The lowest BCUT2D eigenvalue weighted by Gasteiger charge is -2.07. The van der Waals surface area contributed by atoms with Gasteiger partial charge in [-0.3, -0.25) is 4.68 Å². The summed E-state index contributed by atoms with van der Waals surface area (Å²) < 4.78 is 3.93. The van der Waals surface area contributed by atoms with E-state index >= 15 is 0 Å². The van der Waals surface area contributed by atoms with Crippen LogP contribution in [0.4, 0.5) is 0 Å². The molecule has 0 saturated carbocycles. The third-order valence-corrected chi connectivity index (χ3v) is 3.76. The van der Waals surface area contributed by atoms with Crippen LogP contribution >= 0.6 is 0 Å². The summed E-state index contributed by atoms with van der Waals surface area (Å²) in [5.41, 5.74) is 4.07. The van der Waals surface area contributed by atoms with Crippen LogP contribution in [0.15, 0.2) is 48.7 Å². The van der Waals surface area contributed by atoms with Crippen LogP contribution in [0.5, 0.6) is 0 Å². The largest absolute Gasteiger partial charge is 0.265 e. The van der Waals surface area contributed by atoms with Gasteiger partial charge in [-0.25, -0.2) is 4.68 Å². The van der Waals surface area contributed by atoms with Gasteiger partial charge in [-0.2, -0.15) is 5.10 Å². The smallest absolute Gasteiger partial charge is 0.113 e. The molecule has 2 aromatic carbocycles. The van der Waals surface area contributed by atoms with Gasteiger partial charge in [-0.05, 0) is 36.2 Å². The van der Waals surface area contributed by atoms with Crippen molar-refractivity contribution in [1.82, 2.24) is 24.8 Å². The number of aromatic nitrogens is 5. The molecule has 22 heavy (non-hydrogen) atoms. The van der Waals surface area contributed by atoms with Gasteiger partial charge in [0.05, 0.1) is 22.9 Å². The highest BCUT2D eigenvalue weighted by atomic mass is 15.4. The zero-order valence-electron chi connectivity index (χ0n) is 12.6. The average molecular weight is 291 g/mol. The molecule has 0 amide bonds. The van der Waals surface area contributed by atoms with Crippen molar-refractivity contribution < 1.29 is 0 Å². The Morgan fingerprint density at radius 2 is 1.91 bits per heavy atom. The van der Waals surface area contributed by atoms with E-state index in [0.29, 0.717) is 5.92 Å². The van der Waals surface area contributed by atoms with Crippen molar-refractivity contribution in [3.63, 3.8) is 0 Å². The van der Waals surface area contributed by atoms with Crippen molar-refractivity contribution in [2.45, 2.75) is 20.4 Å². The van der Waals surface area contributed by atoms with Gasteiger partial charge in [0.1, 0.15) is 5.52 Å². The van der Waals surface area contributed by atoms with E-state index in [1.807, 2.05) is 35.1 Å². The summed E-state index contributed by atoms with van der Waals surface area (Å²) >= 11 is 0. The second-order valence-corrected chi connectivity index (χ2v) is 5.95. The number of nitrogens with zero attached hydrogens (tertiary/aromatic N) is 5. The topological polar surface area (TPSA) is 48.5 Å². The Kier molecular flexibility index (Phi) is 2.92. The predicted molar refractivity (Wildman–Crippen MR) is 87.0 cm³/mol. The number of para-hydroxylation sites is 1. The summed E-state index contributed by atoms with van der Waals surface area (Å²) in [6.45, 7) is 5.32. The fraction of sp³-hybridized carbons (Fsp3) is 0.235. The molecule has 0 atom stereocenters. The van der Waals surface area contributed by atoms with Crippen LogP contribution in [0.2, 0.25) is 0 Å². The molecular weight excluding hydrogens is 274 g/mol. The van der Waals surface area contributed by atoms with E-state index in [4.69, 9.17) is 0 Å². The van der Waals surface area contributed by atoms with E-state index in [-0.39, 0.29) is 0 Å². The Hall–Kier alpha value is -2.69. The zero-order chi connectivity index (χ0) is 15.1. The summed E-state index contributed by atoms with van der Waals surface area (Å²) in [5, 5.41) is 14.1. The van der Waals surface area contributed by atoms with Crippen molar-refractivity contribution in [2.75, 3.05) is 0 Å². The lowest BCUT2D eigenvalue weighted by Crippen LogP contribution is -2.05. The summed E-state index contributed by atoms with van der Waals surface area (Å²) in [4.78, 5) is 0. The highest BCUT2D eigenvalue weighted by Crippen LogP contribution is 2.21. The van der Waals surface area contributed by atoms with Gasteiger partial charge in [-0.15, -0.1) is 5.10 Å². The maximum atomic E-state index is 4.49. The van der Waals surface area contributed by atoms with E-state index in [9.17, 15) is 0 Å². The van der Waals surface area contributed by atoms with Crippen molar-refractivity contribution >= 4 is 21.9 Å². The molecule has 0 spiro atoms. The molecule has 2 aromatic heterocycles. The number of hydrogen-bond acceptors (Lipinski definition) is 3. The lowest BCUT2D eigenvalue weighted by atomic mass is 10.2. The second kappa shape index (κ2) is 4.94. The minimum atomic E-state index is 0.571. The molecule has 0 fully saturated rings. The normalized spacial score (nSPS) is 11.8. The number of fused-ring (bicyclic) bond motifs is 2. The molecule has 0 unspecified atom stereocenters. The van der Waals surface area contributed by atoms with Crippen LogP contribution in [-0.4, -0.2) is 24.8 Å². The molecule has 4 rings (SSSR count). The summed E-state index contributed by atoms with van der Waals surface area (Å²) in [6, 6.07) is 14.3. The molecule has 0 radical (unpaired) electrons. The molecule has 0 saturated heterocycles. The summed E-state index contributed by atoms with van der Waals surface area (Å²) in [5.74, 6) is 0.571. The second-order valence-electron chi connectivity index (χ2n) is 5.95. The molecule has 4 aromatic rings. The predicted octanol–water partition coefficient (Wildman–Crippen LogP) is 3.43. The molecule has 5 heteroatoms.